The van der Waals surface area contributed by atoms with Crippen molar-refractivity contribution in [3.8, 4) is 0 Å². The molecule has 1 aliphatic heterocycles. The van der Waals surface area contributed by atoms with Gasteiger partial charge < -0.3 is 10.2 Å². The molecule has 7 heteroatoms. The van der Waals surface area contributed by atoms with Gasteiger partial charge in [0.15, 0.2) is 0 Å². The smallest absolute Gasteiger partial charge is 0.261 e. The van der Waals surface area contributed by atoms with Crippen LogP contribution in [0.5, 0.6) is 0 Å². The van der Waals surface area contributed by atoms with Crippen molar-refractivity contribution >= 4 is 23.6 Å². The second kappa shape index (κ2) is 11.6. The highest BCUT2D eigenvalue weighted by molar-refractivity contribution is 6.21. The molecular weight excluding hydrogens is 430 g/mol. The molecule has 0 radical (unpaired) electrons. The quantitative estimate of drug-likeness (QED) is 0.515. The summed E-state index contributed by atoms with van der Waals surface area (Å²) in [6.07, 6.45) is 1.78. The number of nitrogens with zero attached hydrogens (tertiary/aromatic N) is 2. The Labute approximate surface area is 201 Å². The first-order chi connectivity index (χ1) is 16.4. The van der Waals surface area contributed by atoms with Gasteiger partial charge in [-0.25, -0.2) is 0 Å². The number of hydrogen-bond donors (Lipinski definition) is 1. The van der Waals surface area contributed by atoms with Gasteiger partial charge in [-0.1, -0.05) is 55.8 Å². The molecular formula is C27H33N3O4. The Bertz CT molecular complexity index is 1030. The number of benzene rings is 2. The number of carbonyl (C=O) groups is 4. The fourth-order valence-corrected chi connectivity index (χ4v) is 4.27. The third-order valence-electron chi connectivity index (χ3n) is 6.02. The van der Waals surface area contributed by atoms with Gasteiger partial charge in [-0.3, -0.25) is 24.1 Å². The number of amides is 4. The highest BCUT2D eigenvalue weighted by Crippen LogP contribution is 2.23. The lowest BCUT2D eigenvalue weighted by molar-refractivity contribution is -0.141. The molecule has 0 aliphatic carbocycles. The monoisotopic (exact) mass is 463 g/mol. The summed E-state index contributed by atoms with van der Waals surface area (Å²) < 4.78 is 0. The molecule has 180 valence electrons. The van der Waals surface area contributed by atoms with Crippen LogP contribution in [0.1, 0.15) is 71.4 Å². The summed E-state index contributed by atoms with van der Waals surface area (Å²) in [6, 6.07) is 14.0. The van der Waals surface area contributed by atoms with E-state index in [9.17, 15) is 19.2 Å². The molecule has 0 aromatic heterocycles. The zero-order chi connectivity index (χ0) is 24.7. The Morgan fingerprint density at radius 2 is 1.68 bits per heavy atom. The van der Waals surface area contributed by atoms with Crippen molar-refractivity contribution in [2.75, 3.05) is 13.1 Å². The van der Waals surface area contributed by atoms with Crippen molar-refractivity contribution in [1.29, 1.82) is 0 Å². The maximum Gasteiger partial charge on any atom is 0.261 e. The summed E-state index contributed by atoms with van der Waals surface area (Å²) in [5.74, 6) is -0.979. The standard InChI is InChI=1S/C27H33N3O4/c1-4-15-28-25(32)23(5-2)30(18-20-11-8-10-19(3)17-20)24(31)14-9-16-29-26(33)21-12-6-7-13-22(21)27(29)34/h6-8,10-13,17,23H,4-5,9,14-16,18H2,1-3H3,(H,28,32). The number of imide groups is 1. The van der Waals surface area contributed by atoms with Crippen LogP contribution in [0.25, 0.3) is 0 Å². The summed E-state index contributed by atoms with van der Waals surface area (Å²) >= 11 is 0. The van der Waals surface area contributed by atoms with Crippen molar-refractivity contribution in [2.24, 2.45) is 0 Å². The summed E-state index contributed by atoms with van der Waals surface area (Å²) in [6.45, 7) is 6.91. The molecule has 2 aromatic carbocycles. The topological polar surface area (TPSA) is 86.8 Å². The van der Waals surface area contributed by atoms with Gasteiger partial charge in [-0.05, 0) is 43.9 Å². The van der Waals surface area contributed by atoms with E-state index in [1.54, 1.807) is 29.2 Å². The minimum Gasteiger partial charge on any atom is -0.354 e. The van der Waals surface area contributed by atoms with Crippen LogP contribution >= 0.6 is 0 Å². The van der Waals surface area contributed by atoms with Gasteiger partial charge in [0.25, 0.3) is 11.8 Å². The predicted octanol–water partition coefficient (Wildman–Crippen LogP) is 3.70. The molecule has 3 rings (SSSR count). The Kier molecular flexibility index (Phi) is 8.57. The fraction of sp³-hybridized carbons (Fsp3) is 0.407. The highest BCUT2D eigenvalue weighted by atomic mass is 16.2. The third kappa shape index (κ3) is 5.71. The second-order valence-electron chi connectivity index (χ2n) is 8.64. The zero-order valence-corrected chi connectivity index (χ0v) is 20.2. The molecule has 1 unspecified atom stereocenters. The van der Waals surface area contributed by atoms with E-state index in [1.165, 1.54) is 4.90 Å². The van der Waals surface area contributed by atoms with Crippen molar-refractivity contribution in [3.63, 3.8) is 0 Å². The molecule has 0 saturated heterocycles. The lowest BCUT2D eigenvalue weighted by atomic mass is 10.1. The molecule has 1 atom stereocenters. The molecule has 0 saturated carbocycles. The molecule has 4 amide bonds. The number of hydrogen-bond acceptors (Lipinski definition) is 4. The average molecular weight is 464 g/mol. The number of rotatable bonds is 11. The van der Waals surface area contributed by atoms with Crippen LogP contribution < -0.4 is 5.32 Å². The lowest BCUT2D eigenvalue weighted by Gasteiger charge is -2.31. The van der Waals surface area contributed by atoms with Crippen molar-refractivity contribution in [2.45, 2.75) is 59.0 Å². The normalized spacial score (nSPS) is 13.6. The summed E-state index contributed by atoms with van der Waals surface area (Å²) in [5, 5.41) is 2.91. The Morgan fingerprint density at radius 1 is 1.00 bits per heavy atom. The van der Waals surface area contributed by atoms with Crippen LogP contribution in [-0.2, 0) is 16.1 Å². The van der Waals surface area contributed by atoms with Gasteiger partial charge in [0.2, 0.25) is 11.8 Å². The van der Waals surface area contributed by atoms with Crippen LogP contribution in [0.4, 0.5) is 0 Å². The highest BCUT2D eigenvalue weighted by Gasteiger charge is 2.35. The van der Waals surface area contributed by atoms with Gasteiger partial charge >= 0.3 is 0 Å². The Morgan fingerprint density at radius 3 is 2.26 bits per heavy atom. The van der Waals surface area contributed by atoms with Crippen molar-refractivity contribution in [1.82, 2.24) is 15.1 Å². The number of carbonyl (C=O) groups excluding carboxylic acids is 4. The molecule has 1 heterocycles. The van der Waals surface area contributed by atoms with E-state index in [0.29, 0.717) is 37.1 Å². The molecule has 2 aromatic rings. The number of fused-ring (bicyclic) bond motifs is 1. The van der Waals surface area contributed by atoms with E-state index < -0.39 is 6.04 Å². The van der Waals surface area contributed by atoms with Crippen LogP contribution in [-0.4, -0.2) is 52.6 Å². The summed E-state index contributed by atoms with van der Waals surface area (Å²) in [5.41, 5.74) is 2.84. The van der Waals surface area contributed by atoms with Gasteiger partial charge in [0.05, 0.1) is 11.1 Å². The van der Waals surface area contributed by atoms with Crippen LogP contribution in [0.15, 0.2) is 48.5 Å². The van der Waals surface area contributed by atoms with Crippen LogP contribution in [0.3, 0.4) is 0 Å². The SMILES string of the molecule is CCCNC(=O)C(CC)N(Cc1cccc(C)c1)C(=O)CCCN1C(=O)c2ccccc2C1=O. The first-order valence-corrected chi connectivity index (χ1v) is 11.9. The average Bonchev–Trinajstić information content (AvgIpc) is 3.07. The second-order valence-corrected chi connectivity index (χ2v) is 8.64. The van der Waals surface area contributed by atoms with Gasteiger partial charge in [-0.15, -0.1) is 0 Å². The van der Waals surface area contributed by atoms with Gasteiger partial charge in [0, 0.05) is 26.1 Å². The van der Waals surface area contributed by atoms with E-state index in [0.717, 1.165) is 17.5 Å². The van der Waals surface area contributed by atoms with Crippen molar-refractivity contribution < 1.29 is 19.2 Å². The lowest BCUT2D eigenvalue weighted by Crippen LogP contribution is -2.49. The first kappa shape index (κ1) is 25.1. The molecule has 1 N–H and O–H groups in total. The van der Waals surface area contributed by atoms with Gasteiger partial charge in [-0.2, -0.15) is 0 Å². The van der Waals surface area contributed by atoms with E-state index in [2.05, 4.69) is 5.32 Å². The van der Waals surface area contributed by atoms with Crippen molar-refractivity contribution in [3.05, 3.63) is 70.8 Å². The maximum atomic E-state index is 13.3. The molecule has 0 fully saturated rings. The van der Waals surface area contributed by atoms with E-state index in [-0.39, 0.29) is 36.6 Å². The summed E-state index contributed by atoms with van der Waals surface area (Å²) in [7, 11) is 0. The minimum atomic E-state index is -0.584. The molecule has 1 aliphatic rings. The number of aryl methyl sites for hydroxylation is 1. The first-order valence-electron chi connectivity index (χ1n) is 11.9. The third-order valence-corrected chi connectivity index (χ3v) is 6.02. The molecule has 0 bridgehead atoms. The summed E-state index contributed by atoms with van der Waals surface area (Å²) in [4.78, 5) is 54.2. The minimum absolute atomic E-state index is 0.136. The fourth-order valence-electron chi connectivity index (χ4n) is 4.27. The van der Waals surface area contributed by atoms with E-state index in [1.807, 2.05) is 45.0 Å². The van der Waals surface area contributed by atoms with Gasteiger partial charge in [0.1, 0.15) is 6.04 Å². The Balaban J connectivity index is 1.70. The maximum absolute atomic E-state index is 13.3. The Hall–Kier alpha value is -3.48. The van der Waals surface area contributed by atoms with Crippen LogP contribution in [0, 0.1) is 6.92 Å². The largest absolute Gasteiger partial charge is 0.354 e. The van der Waals surface area contributed by atoms with E-state index >= 15 is 0 Å². The molecule has 34 heavy (non-hydrogen) atoms. The predicted molar refractivity (Wildman–Crippen MR) is 130 cm³/mol. The zero-order valence-electron chi connectivity index (χ0n) is 20.2. The van der Waals surface area contributed by atoms with E-state index in [4.69, 9.17) is 0 Å². The molecule has 0 spiro atoms. The van der Waals surface area contributed by atoms with Crippen LogP contribution in [0.2, 0.25) is 0 Å². The molecule has 7 nitrogen and oxygen atoms in total. The number of nitrogens with one attached hydrogen (secondary N) is 1.